The van der Waals surface area contributed by atoms with Crippen LogP contribution in [0.1, 0.15) is 17.3 Å². The summed E-state index contributed by atoms with van der Waals surface area (Å²) in [6.07, 6.45) is 0. The Bertz CT molecular complexity index is 910. The van der Waals surface area contributed by atoms with Crippen LogP contribution >= 0.6 is 0 Å². The average molecular weight is 364 g/mol. The van der Waals surface area contributed by atoms with Gasteiger partial charge in [-0.1, -0.05) is 24.3 Å². The summed E-state index contributed by atoms with van der Waals surface area (Å²) < 4.78 is 31.7. The zero-order chi connectivity index (χ0) is 18.6. The summed E-state index contributed by atoms with van der Waals surface area (Å²) in [5, 5.41) is 11.2. The molecular weight excluding hydrogens is 348 g/mol. The summed E-state index contributed by atoms with van der Waals surface area (Å²) in [4.78, 5) is 21.9. The lowest BCUT2D eigenvalue weighted by Gasteiger charge is -2.24. The standard InChI is InChI=1S/C16H16N2O6S/c1-3-17(13-9-5-4-8-12(13)16(19)24-2)25(22,23)15-11-7-6-10-14(15)18(20)21/h4-11H,3H2,1-2H3. The van der Waals surface area contributed by atoms with E-state index >= 15 is 0 Å². The molecule has 0 amide bonds. The fraction of sp³-hybridized carbons (Fsp3) is 0.188. The van der Waals surface area contributed by atoms with Crippen LogP contribution in [0.2, 0.25) is 0 Å². The molecule has 25 heavy (non-hydrogen) atoms. The molecule has 0 heterocycles. The van der Waals surface area contributed by atoms with Gasteiger partial charge in [0.25, 0.3) is 15.7 Å². The Morgan fingerprint density at radius 1 is 1.16 bits per heavy atom. The van der Waals surface area contributed by atoms with Crippen LogP contribution in [-0.4, -0.2) is 33.0 Å². The molecule has 0 aliphatic carbocycles. The summed E-state index contributed by atoms with van der Waals surface area (Å²) in [6.45, 7) is 1.54. The first kappa shape index (κ1) is 18.4. The largest absolute Gasteiger partial charge is 0.465 e. The van der Waals surface area contributed by atoms with E-state index in [0.717, 1.165) is 16.4 Å². The van der Waals surface area contributed by atoms with E-state index in [9.17, 15) is 23.3 Å². The zero-order valence-corrected chi connectivity index (χ0v) is 14.4. The summed E-state index contributed by atoms with van der Waals surface area (Å²) in [7, 11) is -3.07. The molecule has 0 unspecified atom stereocenters. The molecule has 0 aromatic heterocycles. The highest BCUT2D eigenvalue weighted by molar-refractivity contribution is 7.93. The summed E-state index contributed by atoms with van der Waals surface area (Å²) in [5.41, 5.74) is -0.388. The number of benzene rings is 2. The minimum absolute atomic E-state index is 0.0254. The third-order valence-corrected chi connectivity index (χ3v) is 5.43. The van der Waals surface area contributed by atoms with E-state index in [-0.39, 0.29) is 17.8 Å². The van der Waals surface area contributed by atoms with E-state index in [0.29, 0.717) is 0 Å². The third-order valence-electron chi connectivity index (χ3n) is 3.50. The average Bonchev–Trinajstić information content (AvgIpc) is 2.61. The topological polar surface area (TPSA) is 107 Å². The number of rotatable bonds is 6. The van der Waals surface area contributed by atoms with Crippen molar-refractivity contribution in [3.8, 4) is 0 Å². The fourth-order valence-electron chi connectivity index (χ4n) is 2.39. The second-order valence-electron chi connectivity index (χ2n) is 4.90. The maximum Gasteiger partial charge on any atom is 0.340 e. The Hall–Kier alpha value is -2.94. The minimum Gasteiger partial charge on any atom is -0.465 e. The molecule has 2 aromatic rings. The van der Waals surface area contributed by atoms with Gasteiger partial charge in [-0.2, -0.15) is 0 Å². The smallest absolute Gasteiger partial charge is 0.340 e. The summed E-state index contributed by atoms with van der Waals surface area (Å²) in [6, 6.07) is 11.1. The molecule has 2 rings (SSSR count). The van der Waals surface area contributed by atoms with Crippen LogP contribution in [0.15, 0.2) is 53.4 Å². The van der Waals surface area contributed by atoms with Crippen LogP contribution in [0.5, 0.6) is 0 Å². The Kier molecular flexibility index (Phi) is 5.38. The van der Waals surface area contributed by atoms with Crippen LogP contribution < -0.4 is 4.31 Å². The Labute approximate surface area is 144 Å². The maximum absolute atomic E-state index is 13.0. The lowest BCUT2D eigenvalue weighted by Crippen LogP contribution is -2.32. The highest BCUT2D eigenvalue weighted by Gasteiger charge is 2.32. The van der Waals surface area contributed by atoms with Crippen molar-refractivity contribution in [3.05, 3.63) is 64.2 Å². The molecule has 0 bridgehead atoms. The molecule has 8 nitrogen and oxygen atoms in total. The van der Waals surface area contributed by atoms with Crippen molar-refractivity contribution in [2.45, 2.75) is 11.8 Å². The van der Waals surface area contributed by atoms with Gasteiger partial charge in [-0.05, 0) is 25.1 Å². The van der Waals surface area contributed by atoms with Gasteiger partial charge in [0.2, 0.25) is 0 Å². The van der Waals surface area contributed by atoms with Crippen molar-refractivity contribution >= 4 is 27.4 Å². The molecule has 0 aliphatic heterocycles. The van der Waals surface area contributed by atoms with Crippen LogP contribution in [0.25, 0.3) is 0 Å². The van der Waals surface area contributed by atoms with Crippen LogP contribution in [-0.2, 0) is 14.8 Å². The SMILES string of the molecule is CCN(c1ccccc1C(=O)OC)S(=O)(=O)c1ccccc1[N+](=O)[O-]. The van der Waals surface area contributed by atoms with E-state index in [1.165, 1.54) is 31.4 Å². The number of esters is 1. The van der Waals surface area contributed by atoms with Crippen molar-refractivity contribution < 1.29 is 22.9 Å². The molecule has 0 fully saturated rings. The maximum atomic E-state index is 13.0. The monoisotopic (exact) mass is 364 g/mol. The van der Waals surface area contributed by atoms with E-state index in [2.05, 4.69) is 4.74 Å². The quantitative estimate of drug-likeness (QED) is 0.443. The lowest BCUT2D eigenvalue weighted by atomic mass is 10.2. The van der Waals surface area contributed by atoms with Crippen molar-refractivity contribution in [1.82, 2.24) is 0 Å². The van der Waals surface area contributed by atoms with Gasteiger partial charge in [0, 0.05) is 12.6 Å². The van der Waals surface area contributed by atoms with Crippen LogP contribution in [0, 0.1) is 10.1 Å². The summed E-state index contributed by atoms with van der Waals surface area (Å²) >= 11 is 0. The number of nitrogens with zero attached hydrogens (tertiary/aromatic N) is 2. The second-order valence-corrected chi connectivity index (χ2v) is 6.73. The second kappa shape index (κ2) is 7.31. The predicted molar refractivity (Wildman–Crippen MR) is 91.1 cm³/mol. The first-order chi connectivity index (χ1) is 11.8. The lowest BCUT2D eigenvalue weighted by molar-refractivity contribution is -0.387. The normalized spacial score (nSPS) is 11.0. The molecule has 0 radical (unpaired) electrons. The van der Waals surface area contributed by atoms with Crippen molar-refractivity contribution in [2.75, 3.05) is 18.0 Å². The Morgan fingerprint density at radius 3 is 2.36 bits per heavy atom. The first-order valence-electron chi connectivity index (χ1n) is 7.28. The van der Waals surface area contributed by atoms with Gasteiger partial charge >= 0.3 is 5.97 Å². The van der Waals surface area contributed by atoms with E-state index in [1.807, 2.05) is 0 Å². The van der Waals surface area contributed by atoms with Crippen molar-refractivity contribution in [2.24, 2.45) is 0 Å². The fourth-order valence-corrected chi connectivity index (χ4v) is 4.04. The Morgan fingerprint density at radius 2 is 1.76 bits per heavy atom. The van der Waals surface area contributed by atoms with E-state index in [4.69, 9.17) is 0 Å². The molecule has 0 saturated heterocycles. The van der Waals surface area contributed by atoms with Crippen LogP contribution in [0.4, 0.5) is 11.4 Å². The zero-order valence-electron chi connectivity index (χ0n) is 13.6. The highest BCUT2D eigenvalue weighted by atomic mass is 32.2. The molecule has 132 valence electrons. The van der Waals surface area contributed by atoms with E-state index < -0.39 is 31.5 Å². The minimum atomic E-state index is -4.26. The molecule has 2 aromatic carbocycles. The number of methoxy groups -OCH3 is 1. The molecule has 0 aliphatic rings. The number of para-hydroxylation sites is 2. The van der Waals surface area contributed by atoms with Gasteiger partial charge in [0.15, 0.2) is 4.90 Å². The number of nitro benzene ring substituents is 1. The first-order valence-corrected chi connectivity index (χ1v) is 8.72. The van der Waals surface area contributed by atoms with E-state index in [1.54, 1.807) is 19.1 Å². The number of carbonyl (C=O) groups is 1. The van der Waals surface area contributed by atoms with Gasteiger partial charge in [-0.3, -0.25) is 14.4 Å². The van der Waals surface area contributed by atoms with Crippen molar-refractivity contribution in [3.63, 3.8) is 0 Å². The van der Waals surface area contributed by atoms with Gasteiger partial charge in [-0.15, -0.1) is 0 Å². The summed E-state index contributed by atoms with van der Waals surface area (Å²) in [5.74, 6) is -0.702. The number of nitro groups is 1. The molecular formula is C16H16N2O6S. The third kappa shape index (κ3) is 3.45. The number of hydrogen-bond acceptors (Lipinski definition) is 6. The van der Waals surface area contributed by atoms with Gasteiger partial charge in [0.05, 0.1) is 23.3 Å². The highest BCUT2D eigenvalue weighted by Crippen LogP contribution is 2.31. The number of ether oxygens (including phenoxy) is 1. The molecule has 0 atom stereocenters. The number of anilines is 1. The molecule has 0 spiro atoms. The van der Waals surface area contributed by atoms with Gasteiger partial charge in [0.1, 0.15) is 0 Å². The van der Waals surface area contributed by atoms with Gasteiger partial charge in [-0.25, -0.2) is 13.2 Å². The predicted octanol–water partition coefficient (Wildman–Crippen LogP) is 2.60. The number of hydrogen-bond donors (Lipinski definition) is 0. The molecule has 0 N–H and O–H groups in total. The van der Waals surface area contributed by atoms with Crippen LogP contribution in [0.3, 0.4) is 0 Å². The molecule has 0 saturated carbocycles. The number of sulfonamides is 1. The van der Waals surface area contributed by atoms with Crippen molar-refractivity contribution in [1.29, 1.82) is 0 Å². The van der Waals surface area contributed by atoms with Gasteiger partial charge < -0.3 is 4.74 Å². The molecule has 9 heteroatoms. The number of carbonyl (C=O) groups excluding carboxylic acids is 1. The Balaban J connectivity index is 2.67.